The molecule has 1 fully saturated rings. The van der Waals surface area contributed by atoms with E-state index >= 15 is 0 Å². The topological polar surface area (TPSA) is 160 Å². The number of rotatable bonds is 10. The van der Waals surface area contributed by atoms with Gasteiger partial charge in [-0.15, -0.1) is 5.10 Å². The minimum atomic E-state index is -0.870. The van der Waals surface area contributed by atoms with Crippen LogP contribution in [0.15, 0.2) is 66.9 Å². The van der Waals surface area contributed by atoms with Crippen LogP contribution in [-0.2, 0) is 14.4 Å². The Kier molecular flexibility index (Phi) is 9.81. The molecule has 4 N–H and O–H groups in total. The molecule has 1 saturated heterocycles. The number of hydrogen-bond acceptors (Lipinski definition) is 7. The van der Waals surface area contributed by atoms with Crippen molar-refractivity contribution in [3.05, 3.63) is 78.2 Å². The predicted molar refractivity (Wildman–Crippen MR) is 153 cm³/mol. The summed E-state index contributed by atoms with van der Waals surface area (Å²) in [6.45, 7) is 2.37. The zero-order valence-electron chi connectivity index (χ0n) is 23.0. The Morgan fingerprint density at radius 2 is 1.76 bits per heavy atom. The SMILES string of the molecule is C[C@@H](Oc1ccc2ncc(-c3ccc(N4C[C@@H](N)CC4=O)cc3)n2n1)c1cccc(F)c1.O=C(O)CCCCC(=O)O. The first-order chi connectivity index (χ1) is 20.1. The van der Waals surface area contributed by atoms with E-state index in [0.29, 0.717) is 37.3 Å². The van der Waals surface area contributed by atoms with Gasteiger partial charge in [0.05, 0.1) is 11.9 Å². The molecule has 1 aliphatic heterocycles. The van der Waals surface area contributed by atoms with Crippen molar-refractivity contribution in [1.82, 2.24) is 14.6 Å². The molecule has 5 rings (SSSR count). The molecule has 0 bridgehead atoms. The lowest BCUT2D eigenvalue weighted by Gasteiger charge is -2.16. The number of carbonyl (C=O) groups excluding carboxylic acids is 1. The van der Waals surface area contributed by atoms with Gasteiger partial charge >= 0.3 is 11.9 Å². The number of aromatic nitrogens is 3. The molecule has 0 spiro atoms. The number of unbranched alkanes of at least 4 members (excludes halogenated alkanes) is 1. The molecule has 0 saturated carbocycles. The van der Waals surface area contributed by atoms with E-state index < -0.39 is 11.9 Å². The van der Waals surface area contributed by atoms with Crippen LogP contribution in [0, 0.1) is 5.82 Å². The molecule has 3 heterocycles. The van der Waals surface area contributed by atoms with Crippen LogP contribution in [0.3, 0.4) is 0 Å². The highest BCUT2D eigenvalue weighted by Gasteiger charge is 2.28. The maximum absolute atomic E-state index is 13.5. The fourth-order valence-electron chi connectivity index (χ4n) is 4.47. The lowest BCUT2D eigenvalue weighted by molar-refractivity contribution is -0.139. The number of carbonyl (C=O) groups is 3. The quantitative estimate of drug-likeness (QED) is 0.231. The maximum Gasteiger partial charge on any atom is 0.303 e. The van der Waals surface area contributed by atoms with Crippen LogP contribution >= 0.6 is 0 Å². The number of benzene rings is 2. The Bertz CT molecular complexity index is 1540. The smallest absolute Gasteiger partial charge is 0.303 e. The number of aliphatic carboxylic acids is 2. The number of carboxylic acid groups (broad SMARTS) is 2. The van der Waals surface area contributed by atoms with Crippen molar-refractivity contribution < 1.29 is 33.7 Å². The van der Waals surface area contributed by atoms with Gasteiger partial charge in [0.15, 0.2) is 5.65 Å². The van der Waals surface area contributed by atoms with E-state index in [-0.39, 0.29) is 36.7 Å². The fraction of sp³-hybridized carbons (Fsp3) is 0.300. The van der Waals surface area contributed by atoms with Crippen molar-refractivity contribution >= 4 is 29.2 Å². The summed E-state index contributed by atoms with van der Waals surface area (Å²) in [5, 5.41) is 20.8. The highest BCUT2D eigenvalue weighted by molar-refractivity contribution is 5.96. The third kappa shape index (κ3) is 7.88. The van der Waals surface area contributed by atoms with Crippen molar-refractivity contribution in [2.75, 3.05) is 11.4 Å². The van der Waals surface area contributed by atoms with Gasteiger partial charge in [-0.25, -0.2) is 13.9 Å². The average molecular weight is 578 g/mol. The number of imidazole rings is 1. The summed E-state index contributed by atoms with van der Waals surface area (Å²) in [6, 6.07) is 17.4. The van der Waals surface area contributed by atoms with Crippen molar-refractivity contribution in [2.24, 2.45) is 5.73 Å². The van der Waals surface area contributed by atoms with E-state index in [0.717, 1.165) is 22.5 Å². The normalized spacial score (nSPS) is 15.3. The van der Waals surface area contributed by atoms with Crippen molar-refractivity contribution in [3.63, 3.8) is 0 Å². The van der Waals surface area contributed by atoms with Gasteiger partial charge in [0.25, 0.3) is 0 Å². The summed E-state index contributed by atoms with van der Waals surface area (Å²) in [4.78, 5) is 38.0. The van der Waals surface area contributed by atoms with Crippen LogP contribution < -0.4 is 15.4 Å². The molecule has 11 nitrogen and oxygen atoms in total. The number of hydrogen-bond donors (Lipinski definition) is 3. The molecule has 42 heavy (non-hydrogen) atoms. The zero-order valence-corrected chi connectivity index (χ0v) is 23.0. The van der Waals surface area contributed by atoms with Crippen molar-refractivity contribution in [2.45, 2.75) is 51.2 Å². The average Bonchev–Trinajstić information content (AvgIpc) is 3.53. The van der Waals surface area contributed by atoms with E-state index in [4.69, 9.17) is 20.7 Å². The fourth-order valence-corrected chi connectivity index (χ4v) is 4.47. The number of amides is 1. The lowest BCUT2D eigenvalue weighted by atomic mass is 10.1. The van der Waals surface area contributed by atoms with Gasteiger partial charge in [0.1, 0.15) is 11.9 Å². The van der Waals surface area contributed by atoms with Crippen molar-refractivity contribution in [3.8, 4) is 17.1 Å². The predicted octanol–water partition coefficient (Wildman–Crippen LogP) is 4.46. The van der Waals surface area contributed by atoms with E-state index in [2.05, 4.69) is 10.1 Å². The minimum absolute atomic E-state index is 0.0379. The third-order valence-corrected chi connectivity index (χ3v) is 6.61. The second-order valence-corrected chi connectivity index (χ2v) is 9.91. The molecule has 1 amide bonds. The first kappa shape index (κ1) is 30.1. The van der Waals surface area contributed by atoms with Crippen LogP contribution in [0.2, 0.25) is 0 Å². The first-order valence-corrected chi connectivity index (χ1v) is 13.5. The summed E-state index contributed by atoms with van der Waals surface area (Å²) in [5.74, 6) is -1.60. The minimum Gasteiger partial charge on any atom is -0.481 e. The Balaban J connectivity index is 0.000000349. The van der Waals surface area contributed by atoms with Gasteiger partial charge in [-0.1, -0.05) is 24.3 Å². The van der Waals surface area contributed by atoms with Crippen LogP contribution in [0.25, 0.3) is 16.9 Å². The van der Waals surface area contributed by atoms with Gasteiger partial charge < -0.3 is 25.6 Å². The second-order valence-electron chi connectivity index (χ2n) is 9.91. The zero-order chi connectivity index (χ0) is 30.2. The molecule has 2 aromatic carbocycles. The molecule has 2 aromatic heterocycles. The molecular weight excluding hydrogens is 545 g/mol. The Hall–Kier alpha value is -4.84. The summed E-state index contributed by atoms with van der Waals surface area (Å²) in [5.41, 5.74) is 9.82. The summed E-state index contributed by atoms with van der Waals surface area (Å²) >= 11 is 0. The highest BCUT2D eigenvalue weighted by Crippen LogP contribution is 2.27. The molecule has 2 atom stereocenters. The van der Waals surface area contributed by atoms with Gasteiger partial charge in [0.2, 0.25) is 11.8 Å². The van der Waals surface area contributed by atoms with Gasteiger partial charge in [-0.05, 0) is 55.7 Å². The number of nitrogens with zero attached hydrogens (tertiary/aromatic N) is 4. The largest absolute Gasteiger partial charge is 0.481 e. The number of ether oxygens (including phenoxy) is 1. The third-order valence-electron chi connectivity index (χ3n) is 6.61. The standard InChI is InChI=1S/C24H22FN5O2.C6H10O4/c1-15(17-3-2-4-18(25)11-17)32-23-10-9-22-27-13-21(30(22)28-23)16-5-7-20(8-6-16)29-14-19(26)12-24(29)31;7-5(8)3-1-2-4-6(9)10/h2-11,13,15,19H,12,14,26H2,1H3;1-4H2,(H,7,8)(H,9,10)/t15-,19+;/m1./s1. The Morgan fingerprint density at radius 1 is 1.07 bits per heavy atom. The molecule has 4 aromatic rings. The number of fused-ring (bicyclic) bond motifs is 1. The molecule has 1 aliphatic rings. The number of carboxylic acids is 2. The second kappa shape index (κ2) is 13.7. The van der Waals surface area contributed by atoms with E-state index in [1.54, 1.807) is 27.7 Å². The molecule has 220 valence electrons. The van der Waals surface area contributed by atoms with Gasteiger partial charge in [-0.2, -0.15) is 0 Å². The number of nitrogens with two attached hydrogens (primary N) is 1. The molecular formula is C30H32FN5O6. The summed E-state index contributed by atoms with van der Waals surface area (Å²) in [6.07, 6.45) is 2.76. The Labute approximate surface area is 241 Å². The van der Waals surface area contributed by atoms with Crippen LogP contribution in [0.5, 0.6) is 5.88 Å². The van der Waals surface area contributed by atoms with E-state index in [1.807, 2.05) is 43.3 Å². The maximum atomic E-state index is 13.5. The van der Waals surface area contributed by atoms with Crippen molar-refractivity contribution in [1.29, 1.82) is 0 Å². The summed E-state index contributed by atoms with van der Waals surface area (Å²) in [7, 11) is 0. The molecule has 0 unspecified atom stereocenters. The lowest BCUT2D eigenvalue weighted by Crippen LogP contribution is -2.27. The molecule has 0 aliphatic carbocycles. The monoisotopic (exact) mass is 577 g/mol. The van der Waals surface area contributed by atoms with E-state index in [9.17, 15) is 18.8 Å². The molecule has 12 heteroatoms. The van der Waals surface area contributed by atoms with Gasteiger partial charge in [-0.3, -0.25) is 14.4 Å². The van der Waals surface area contributed by atoms with Crippen LogP contribution in [0.1, 0.15) is 50.7 Å². The number of anilines is 1. The number of halogens is 1. The van der Waals surface area contributed by atoms with Crippen LogP contribution in [-0.4, -0.2) is 55.2 Å². The highest BCUT2D eigenvalue weighted by atomic mass is 19.1. The Morgan fingerprint density at radius 3 is 2.36 bits per heavy atom. The van der Waals surface area contributed by atoms with Gasteiger partial charge in [0, 0.05) is 49.2 Å². The summed E-state index contributed by atoms with van der Waals surface area (Å²) < 4.78 is 21.2. The van der Waals surface area contributed by atoms with Crippen LogP contribution in [0.4, 0.5) is 10.1 Å². The first-order valence-electron chi connectivity index (χ1n) is 13.5. The molecule has 0 radical (unpaired) electrons. The van der Waals surface area contributed by atoms with E-state index in [1.165, 1.54) is 12.1 Å².